The van der Waals surface area contributed by atoms with Crippen LogP contribution in [-0.2, 0) is 6.54 Å². The van der Waals surface area contributed by atoms with Crippen LogP contribution in [0.3, 0.4) is 0 Å². The summed E-state index contributed by atoms with van der Waals surface area (Å²) < 4.78 is 21.4. The van der Waals surface area contributed by atoms with E-state index in [9.17, 15) is 19.1 Å². The molecule has 176 valence electrons. The third-order valence-electron chi connectivity index (χ3n) is 6.01. The van der Waals surface area contributed by atoms with Crippen molar-refractivity contribution in [3.8, 4) is 16.9 Å². The van der Waals surface area contributed by atoms with E-state index in [4.69, 9.17) is 16.3 Å². The van der Waals surface area contributed by atoms with Crippen molar-refractivity contribution in [2.24, 2.45) is 0 Å². The zero-order chi connectivity index (χ0) is 24.9. The number of methoxy groups -OCH3 is 1. The minimum atomic E-state index is -1.26. The summed E-state index contributed by atoms with van der Waals surface area (Å²) in [6.07, 6.45) is 1.46. The minimum absolute atomic E-state index is 0.000818. The van der Waals surface area contributed by atoms with Gasteiger partial charge in [-0.3, -0.25) is 4.79 Å². The molecule has 0 saturated heterocycles. The van der Waals surface area contributed by atoms with Gasteiger partial charge in [0, 0.05) is 39.7 Å². The molecular formula is C26H19ClFN3O4. The number of halogens is 2. The fraction of sp³-hybridized carbons (Fsp3) is 0.115. The summed E-state index contributed by atoms with van der Waals surface area (Å²) in [5.41, 5.74) is 1.61. The molecule has 5 rings (SSSR count). The van der Waals surface area contributed by atoms with Crippen LogP contribution < -0.4 is 10.3 Å². The van der Waals surface area contributed by atoms with Crippen LogP contribution in [0.4, 0.5) is 4.39 Å². The van der Waals surface area contributed by atoms with Crippen molar-refractivity contribution in [2.75, 3.05) is 7.11 Å². The molecule has 0 bridgehead atoms. The monoisotopic (exact) mass is 491 g/mol. The number of hydrogen-bond acceptors (Lipinski definition) is 4. The van der Waals surface area contributed by atoms with Crippen molar-refractivity contribution in [1.82, 2.24) is 14.5 Å². The zero-order valence-corrected chi connectivity index (χ0v) is 19.5. The number of aromatic carboxylic acids is 1. The molecule has 2 aromatic carbocycles. The van der Waals surface area contributed by atoms with Crippen LogP contribution in [0.1, 0.15) is 21.6 Å². The van der Waals surface area contributed by atoms with Crippen LogP contribution >= 0.6 is 11.6 Å². The Morgan fingerprint density at radius 1 is 1.23 bits per heavy atom. The van der Waals surface area contributed by atoms with Crippen molar-refractivity contribution in [3.63, 3.8) is 0 Å². The van der Waals surface area contributed by atoms with E-state index in [2.05, 4.69) is 9.97 Å². The Balaban J connectivity index is 1.80. The highest BCUT2D eigenvalue weighted by Gasteiger charge is 2.26. The van der Waals surface area contributed by atoms with E-state index in [-0.39, 0.29) is 28.5 Å². The second kappa shape index (κ2) is 8.56. The van der Waals surface area contributed by atoms with E-state index in [0.717, 1.165) is 5.39 Å². The highest BCUT2D eigenvalue weighted by molar-refractivity contribution is 6.30. The Bertz CT molecular complexity index is 1710. The normalized spacial score (nSPS) is 11.3. The summed E-state index contributed by atoms with van der Waals surface area (Å²) >= 11 is 6.50. The average Bonchev–Trinajstić information content (AvgIpc) is 3.12. The van der Waals surface area contributed by atoms with Crippen molar-refractivity contribution >= 4 is 39.4 Å². The number of nitrogens with one attached hydrogen (secondary N) is 1. The molecule has 5 aromatic rings. The van der Waals surface area contributed by atoms with Crippen LogP contribution in [0.15, 0.2) is 59.5 Å². The first-order valence-corrected chi connectivity index (χ1v) is 11.0. The summed E-state index contributed by atoms with van der Waals surface area (Å²) in [6.45, 7) is 1.59. The van der Waals surface area contributed by atoms with E-state index in [0.29, 0.717) is 33.3 Å². The topological polar surface area (TPSA) is 97.2 Å². The Morgan fingerprint density at radius 3 is 2.74 bits per heavy atom. The maximum absolute atomic E-state index is 14.7. The van der Waals surface area contributed by atoms with E-state index in [1.807, 2.05) is 6.07 Å². The third-order valence-corrected chi connectivity index (χ3v) is 6.34. The Morgan fingerprint density at radius 2 is 2.03 bits per heavy atom. The Kier molecular flexibility index (Phi) is 5.53. The number of aryl methyl sites for hydroxylation is 1. The van der Waals surface area contributed by atoms with Crippen molar-refractivity contribution in [3.05, 3.63) is 92.9 Å². The fourth-order valence-electron chi connectivity index (χ4n) is 4.33. The molecule has 0 saturated carbocycles. The molecular weight excluding hydrogens is 473 g/mol. The highest BCUT2D eigenvalue weighted by Crippen LogP contribution is 2.36. The fourth-order valence-corrected chi connectivity index (χ4v) is 4.54. The van der Waals surface area contributed by atoms with Crippen LogP contribution in [0.2, 0.25) is 5.15 Å². The second-order valence-corrected chi connectivity index (χ2v) is 8.50. The quantitative estimate of drug-likeness (QED) is 0.321. The van der Waals surface area contributed by atoms with Gasteiger partial charge in [-0.2, -0.15) is 0 Å². The van der Waals surface area contributed by atoms with E-state index in [1.54, 1.807) is 50.4 Å². The number of carboxylic acid groups (broad SMARTS) is 1. The lowest BCUT2D eigenvalue weighted by atomic mass is 10.0. The number of nitrogens with zero attached hydrogens (tertiary/aromatic N) is 2. The summed E-state index contributed by atoms with van der Waals surface area (Å²) in [5, 5.41) is 11.6. The van der Waals surface area contributed by atoms with Gasteiger partial charge in [0.1, 0.15) is 22.4 Å². The van der Waals surface area contributed by atoms with Gasteiger partial charge < -0.3 is 19.4 Å². The number of carbonyl (C=O) groups is 1. The van der Waals surface area contributed by atoms with Crippen LogP contribution in [-0.4, -0.2) is 32.7 Å². The van der Waals surface area contributed by atoms with Gasteiger partial charge in [-0.25, -0.2) is 14.2 Å². The number of ether oxygens (including phenoxy) is 1. The van der Waals surface area contributed by atoms with Gasteiger partial charge in [-0.05, 0) is 55.0 Å². The zero-order valence-electron chi connectivity index (χ0n) is 18.7. The SMILES string of the molecule is COc1ccc2cc(Cn3c(C(=O)O)c(-c4ccc[nH]c4=O)c4cc(C)c(F)cc43)c(Cl)nc2c1. The number of carboxylic acids is 1. The number of aromatic nitrogens is 3. The number of H-pyrrole nitrogens is 1. The number of pyridine rings is 2. The molecule has 3 heterocycles. The maximum Gasteiger partial charge on any atom is 0.353 e. The summed E-state index contributed by atoms with van der Waals surface area (Å²) in [4.78, 5) is 32.2. The van der Waals surface area contributed by atoms with Crippen molar-refractivity contribution in [2.45, 2.75) is 13.5 Å². The summed E-state index contributed by atoms with van der Waals surface area (Å²) in [6, 6.07) is 13.2. The smallest absolute Gasteiger partial charge is 0.353 e. The highest BCUT2D eigenvalue weighted by atomic mass is 35.5. The standard InChI is InChI=1S/C26H19ClFN3O4/c1-13-8-18-21(11-19(13)28)31(23(26(33)34)22(18)17-4-3-7-29-25(17)32)12-15-9-14-5-6-16(35-2)10-20(14)30-24(15)27/h3-11H,12H2,1-2H3,(H,29,32)(H,33,34). The number of benzene rings is 2. The molecule has 0 radical (unpaired) electrons. The van der Waals surface area contributed by atoms with Gasteiger partial charge in [0.05, 0.1) is 24.7 Å². The third kappa shape index (κ3) is 3.81. The van der Waals surface area contributed by atoms with Gasteiger partial charge in [-0.15, -0.1) is 0 Å². The number of fused-ring (bicyclic) bond motifs is 2. The average molecular weight is 492 g/mol. The molecule has 7 nitrogen and oxygen atoms in total. The lowest BCUT2D eigenvalue weighted by molar-refractivity contribution is 0.0687. The number of hydrogen-bond donors (Lipinski definition) is 2. The van der Waals surface area contributed by atoms with Gasteiger partial charge in [0.15, 0.2) is 0 Å². The van der Waals surface area contributed by atoms with Crippen molar-refractivity contribution in [1.29, 1.82) is 0 Å². The minimum Gasteiger partial charge on any atom is -0.497 e. The molecule has 0 aliphatic rings. The molecule has 0 amide bonds. The Hall–Kier alpha value is -4.17. The summed E-state index contributed by atoms with van der Waals surface area (Å²) in [7, 11) is 1.55. The molecule has 0 atom stereocenters. The molecule has 0 aliphatic heterocycles. The molecule has 0 fully saturated rings. The Labute approximate surface area is 203 Å². The summed E-state index contributed by atoms with van der Waals surface area (Å²) in [5.74, 6) is -1.12. The first kappa shape index (κ1) is 22.6. The van der Waals surface area contributed by atoms with Crippen LogP contribution in [0.5, 0.6) is 5.75 Å². The molecule has 3 aromatic heterocycles. The predicted molar refractivity (Wildman–Crippen MR) is 132 cm³/mol. The predicted octanol–water partition coefficient (Wildman–Crippen LogP) is 5.40. The lowest BCUT2D eigenvalue weighted by Crippen LogP contribution is -2.14. The maximum atomic E-state index is 14.7. The molecule has 0 aliphatic carbocycles. The van der Waals surface area contributed by atoms with Crippen LogP contribution in [0, 0.1) is 12.7 Å². The molecule has 9 heteroatoms. The number of aromatic amines is 1. The van der Waals surface area contributed by atoms with Gasteiger partial charge in [-0.1, -0.05) is 11.6 Å². The van der Waals surface area contributed by atoms with E-state index >= 15 is 0 Å². The van der Waals surface area contributed by atoms with Crippen molar-refractivity contribution < 1.29 is 19.0 Å². The van der Waals surface area contributed by atoms with Gasteiger partial charge in [0.25, 0.3) is 5.56 Å². The van der Waals surface area contributed by atoms with E-state index < -0.39 is 17.3 Å². The molecule has 2 N–H and O–H groups in total. The first-order valence-electron chi connectivity index (χ1n) is 10.7. The van der Waals surface area contributed by atoms with E-state index in [1.165, 1.54) is 16.8 Å². The second-order valence-electron chi connectivity index (χ2n) is 8.14. The lowest BCUT2D eigenvalue weighted by Gasteiger charge is -2.12. The number of rotatable bonds is 5. The van der Waals surface area contributed by atoms with Gasteiger partial charge >= 0.3 is 5.97 Å². The molecule has 35 heavy (non-hydrogen) atoms. The first-order chi connectivity index (χ1) is 16.8. The van der Waals surface area contributed by atoms with Crippen LogP contribution in [0.25, 0.3) is 32.9 Å². The van der Waals surface area contributed by atoms with Gasteiger partial charge in [0.2, 0.25) is 0 Å². The molecule has 0 spiro atoms. The largest absolute Gasteiger partial charge is 0.497 e. The molecule has 0 unspecified atom stereocenters.